The molecule has 4 nitrogen and oxygen atoms in total. The second-order valence-corrected chi connectivity index (χ2v) is 5.09. The summed E-state index contributed by atoms with van der Waals surface area (Å²) in [5, 5.41) is 2.56. The molecule has 0 spiro atoms. The third-order valence-electron chi connectivity index (χ3n) is 2.61. The minimum Gasteiger partial charge on any atom is -0.368 e. The summed E-state index contributed by atoms with van der Waals surface area (Å²) in [5.41, 5.74) is 5.58. The first kappa shape index (κ1) is 12.1. The number of halogens is 1. The van der Waals surface area contributed by atoms with Crippen molar-refractivity contribution in [3.05, 3.63) is 33.6 Å². The van der Waals surface area contributed by atoms with E-state index in [1.807, 2.05) is 18.0 Å². The molecule has 0 amide bonds. The van der Waals surface area contributed by atoms with Gasteiger partial charge < -0.3 is 10.6 Å². The van der Waals surface area contributed by atoms with Crippen LogP contribution in [0.4, 0.5) is 11.8 Å². The zero-order valence-electron chi connectivity index (χ0n) is 9.59. The third kappa shape index (κ3) is 2.50. The van der Waals surface area contributed by atoms with Gasteiger partial charge in [0.2, 0.25) is 5.95 Å². The van der Waals surface area contributed by atoms with Gasteiger partial charge in [0, 0.05) is 11.9 Å². The zero-order chi connectivity index (χ0) is 12.4. The molecule has 0 saturated heterocycles. The zero-order valence-corrected chi connectivity index (χ0v) is 11.2. The highest BCUT2D eigenvalue weighted by atomic mass is 35.5. The van der Waals surface area contributed by atoms with Gasteiger partial charge in [-0.05, 0) is 18.4 Å². The first-order chi connectivity index (χ1) is 8.09. The van der Waals surface area contributed by atoms with Crippen LogP contribution in [0.5, 0.6) is 0 Å². The number of anilines is 2. The van der Waals surface area contributed by atoms with Gasteiger partial charge in [0.05, 0.1) is 12.2 Å². The van der Waals surface area contributed by atoms with Crippen LogP contribution in [0, 0.1) is 0 Å². The molecule has 0 fully saturated rings. The number of nitrogens with zero attached hydrogens (tertiary/aromatic N) is 3. The van der Waals surface area contributed by atoms with E-state index in [9.17, 15) is 0 Å². The molecule has 2 aromatic rings. The summed E-state index contributed by atoms with van der Waals surface area (Å²) >= 11 is 7.78. The Morgan fingerprint density at radius 2 is 2.29 bits per heavy atom. The number of thiophene rings is 1. The second-order valence-electron chi connectivity index (χ2n) is 3.70. The quantitative estimate of drug-likeness (QED) is 0.930. The van der Waals surface area contributed by atoms with Gasteiger partial charge in [0.15, 0.2) is 5.82 Å². The van der Waals surface area contributed by atoms with Gasteiger partial charge in [-0.3, -0.25) is 0 Å². The van der Waals surface area contributed by atoms with E-state index in [0.29, 0.717) is 10.8 Å². The molecule has 2 aromatic heterocycles. The number of hydrogen-bond acceptors (Lipinski definition) is 5. The number of rotatable bonds is 3. The maximum absolute atomic E-state index is 6.08. The predicted molar refractivity (Wildman–Crippen MR) is 72.6 cm³/mol. The molecule has 0 aromatic carbocycles. The molecule has 0 aliphatic rings. The highest BCUT2D eigenvalue weighted by molar-refractivity contribution is 7.10. The fourth-order valence-corrected chi connectivity index (χ4v) is 2.57. The minimum absolute atomic E-state index is 0.196. The molecule has 0 aliphatic heterocycles. The molecule has 2 N–H and O–H groups in total. The summed E-state index contributed by atoms with van der Waals surface area (Å²) < 4.78 is 0. The highest BCUT2D eigenvalue weighted by Gasteiger charge is 2.17. The van der Waals surface area contributed by atoms with Gasteiger partial charge in [-0.2, -0.15) is 4.98 Å². The van der Waals surface area contributed by atoms with Crippen molar-refractivity contribution in [2.24, 2.45) is 0 Å². The monoisotopic (exact) mass is 268 g/mol. The summed E-state index contributed by atoms with van der Waals surface area (Å²) in [6, 6.07) is 4.31. The fraction of sp³-hybridized carbons (Fsp3) is 0.273. The lowest BCUT2D eigenvalue weighted by Gasteiger charge is -2.25. The summed E-state index contributed by atoms with van der Waals surface area (Å²) in [6.45, 7) is 2.10. The van der Waals surface area contributed by atoms with Gasteiger partial charge >= 0.3 is 0 Å². The summed E-state index contributed by atoms with van der Waals surface area (Å²) in [5.74, 6) is 0.884. The van der Waals surface area contributed by atoms with Crippen LogP contribution in [-0.2, 0) is 0 Å². The van der Waals surface area contributed by atoms with Gasteiger partial charge in [-0.25, -0.2) is 4.98 Å². The Balaban J connectivity index is 2.30. The highest BCUT2D eigenvalue weighted by Crippen LogP contribution is 2.31. The van der Waals surface area contributed by atoms with Crippen LogP contribution < -0.4 is 10.6 Å². The molecule has 0 saturated carbocycles. The first-order valence-corrected chi connectivity index (χ1v) is 6.39. The molecule has 1 unspecified atom stereocenters. The average molecular weight is 269 g/mol. The van der Waals surface area contributed by atoms with Crippen molar-refractivity contribution >= 4 is 34.7 Å². The van der Waals surface area contributed by atoms with Gasteiger partial charge in [-0.15, -0.1) is 11.3 Å². The Hall–Kier alpha value is -1.33. The molecule has 6 heteroatoms. The minimum atomic E-state index is 0.196. The van der Waals surface area contributed by atoms with Crippen LogP contribution in [0.15, 0.2) is 23.7 Å². The smallest absolute Gasteiger partial charge is 0.222 e. The Bertz CT molecular complexity index is 500. The van der Waals surface area contributed by atoms with Crippen LogP contribution >= 0.6 is 22.9 Å². The van der Waals surface area contributed by atoms with Crippen molar-refractivity contribution in [1.29, 1.82) is 0 Å². The van der Waals surface area contributed by atoms with Gasteiger partial charge in [-0.1, -0.05) is 17.7 Å². The van der Waals surface area contributed by atoms with Gasteiger partial charge in [0.1, 0.15) is 5.02 Å². The fourth-order valence-electron chi connectivity index (χ4n) is 1.52. The molecular weight excluding hydrogens is 256 g/mol. The normalized spacial score (nSPS) is 12.4. The molecule has 17 heavy (non-hydrogen) atoms. The lowest BCUT2D eigenvalue weighted by Crippen LogP contribution is -2.22. The van der Waals surface area contributed by atoms with E-state index in [-0.39, 0.29) is 12.0 Å². The van der Waals surface area contributed by atoms with Crippen LogP contribution in [0.1, 0.15) is 17.8 Å². The molecule has 90 valence electrons. The third-order valence-corrected chi connectivity index (χ3v) is 3.92. The Kier molecular flexibility index (Phi) is 3.49. The van der Waals surface area contributed by atoms with Crippen molar-refractivity contribution in [1.82, 2.24) is 9.97 Å². The Morgan fingerprint density at radius 3 is 2.94 bits per heavy atom. The van der Waals surface area contributed by atoms with Crippen molar-refractivity contribution in [2.75, 3.05) is 17.7 Å². The molecule has 2 rings (SSSR count). The number of hydrogen-bond donors (Lipinski definition) is 1. The van der Waals surface area contributed by atoms with Crippen molar-refractivity contribution < 1.29 is 0 Å². The average Bonchev–Trinajstić information content (AvgIpc) is 2.84. The molecular formula is C11H13ClN4S. The SMILES string of the molecule is CC(c1cccs1)N(C)c1nc(N)ncc1Cl. The molecule has 0 radical (unpaired) electrons. The molecule has 0 aliphatic carbocycles. The number of aromatic nitrogens is 2. The Morgan fingerprint density at radius 1 is 1.53 bits per heavy atom. The topological polar surface area (TPSA) is 55.0 Å². The van der Waals surface area contributed by atoms with Crippen molar-refractivity contribution in [2.45, 2.75) is 13.0 Å². The van der Waals surface area contributed by atoms with Gasteiger partial charge in [0.25, 0.3) is 0 Å². The lowest BCUT2D eigenvalue weighted by molar-refractivity contribution is 0.741. The number of nitrogen functional groups attached to an aromatic ring is 1. The van der Waals surface area contributed by atoms with Crippen LogP contribution in [0.2, 0.25) is 5.02 Å². The standard InChI is InChI=1S/C11H13ClN4S/c1-7(9-4-3-5-17-9)16(2)10-8(12)6-14-11(13)15-10/h3-7H,1-2H3,(H2,13,14,15). The largest absolute Gasteiger partial charge is 0.368 e. The summed E-state index contributed by atoms with van der Waals surface area (Å²) in [6.07, 6.45) is 1.52. The van der Waals surface area contributed by atoms with Crippen molar-refractivity contribution in [3.8, 4) is 0 Å². The maximum atomic E-state index is 6.08. The molecule has 1 atom stereocenters. The van der Waals surface area contributed by atoms with Crippen LogP contribution in [0.3, 0.4) is 0 Å². The van der Waals surface area contributed by atoms with E-state index < -0.39 is 0 Å². The summed E-state index contributed by atoms with van der Waals surface area (Å²) in [7, 11) is 1.94. The first-order valence-electron chi connectivity index (χ1n) is 5.14. The van der Waals surface area contributed by atoms with E-state index in [1.54, 1.807) is 11.3 Å². The molecule has 2 heterocycles. The number of nitrogens with two attached hydrogens (primary N) is 1. The van der Waals surface area contributed by atoms with Crippen LogP contribution in [0.25, 0.3) is 0 Å². The molecule has 0 bridgehead atoms. The summed E-state index contributed by atoms with van der Waals surface area (Å²) in [4.78, 5) is 11.3. The van der Waals surface area contributed by atoms with E-state index in [2.05, 4.69) is 28.3 Å². The van der Waals surface area contributed by atoms with Crippen molar-refractivity contribution in [3.63, 3.8) is 0 Å². The second kappa shape index (κ2) is 4.89. The van der Waals surface area contributed by atoms with E-state index in [0.717, 1.165) is 0 Å². The lowest BCUT2D eigenvalue weighted by atomic mass is 10.2. The van der Waals surface area contributed by atoms with Crippen LogP contribution in [-0.4, -0.2) is 17.0 Å². The maximum Gasteiger partial charge on any atom is 0.222 e. The van der Waals surface area contributed by atoms with E-state index in [4.69, 9.17) is 17.3 Å². The van der Waals surface area contributed by atoms with E-state index >= 15 is 0 Å². The Labute approximate surface area is 109 Å². The predicted octanol–water partition coefficient (Wildman–Crippen LogP) is 2.97. The van der Waals surface area contributed by atoms with E-state index in [1.165, 1.54) is 11.1 Å².